The fraction of sp³-hybridized carbons (Fsp3) is 0.385. The van der Waals surface area contributed by atoms with Crippen LogP contribution in [0, 0.1) is 12.8 Å². The Morgan fingerprint density at radius 1 is 0.969 bits per heavy atom. The number of methoxy groups -OCH3 is 2. The van der Waals surface area contributed by atoms with Crippen molar-refractivity contribution in [1.29, 1.82) is 0 Å². The first-order valence-electron chi connectivity index (χ1n) is 10.6. The van der Waals surface area contributed by atoms with Crippen LogP contribution in [0.2, 0.25) is 0 Å². The van der Waals surface area contributed by atoms with Gasteiger partial charge >= 0.3 is 5.97 Å². The molecule has 170 valence electrons. The highest BCUT2D eigenvalue weighted by atomic mass is 16.6. The Labute approximate surface area is 189 Å². The monoisotopic (exact) mass is 438 g/mol. The van der Waals surface area contributed by atoms with E-state index in [4.69, 9.17) is 18.9 Å². The number of esters is 1. The first-order chi connectivity index (χ1) is 15.1. The van der Waals surface area contributed by atoms with Crippen molar-refractivity contribution in [2.45, 2.75) is 46.1 Å². The molecule has 1 aliphatic carbocycles. The summed E-state index contributed by atoms with van der Waals surface area (Å²) in [5.41, 5.74) is 1.44. The third kappa shape index (κ3) is 5.69. The third-order valence-corrected chi connectivity index (χ3v) is 4.99. The maximum Gasteiger partial charge on any atom is 0.314 e. The topological polar surface area (TPSA) is 71.1 Å². The summed E-state index contributed by atoms with van der Waals surface area (Å²) in [6, 6.07) is 8.66. The molecule has 1 saturated carbocycles. The number of rotatable bonds is 8. The zero-order chi connectivity index (χ0) is 23.5. The van der Waals surface area contributed by atoms with E-state index >= 15 is 0 Å². The van der Waals surface area contributed by atoms with Crippen LogP contribution in [-0.2, 0) is 4.79 Å². The van der Waals surface area contributed by atoms with E-state index < -0.39 is 5.60 Å². The summed E-state index contributed by atoms with van der Waals surface area (Å²) < 4.78 is 22.3. The van der Waals surface area contributed by atoms with Crippen molar-refractivity contribution in [2.24, 2.45) is 5.92 Å². The van der Waals surface area contributed by atoms with Crippen molar-refractivity contribution in [3.8, 4) is 23.0 Å². The molecular formula is C26H30O6. The van der Waals surface area contributed by atoms with E-state index in [1.165, 1.54) is 13.2 Å². The van der Waals surface area contributed by atoms with Gasteiger partial charge in [0, 0.05) is 5.56 Å². The Bertz CT molecular complexity index is 1040. The van der Waals surface area contributed by atoms with Crippen molar-refractivity contribution in [3.05, 3.63) is 53.1 Å². The predicted molar refractivity (Wildman–Crippen MR) is 123 cm³/mol. The Morgan fingerprint density at radius 2 is 1.62 bits per heavy atom. The molecule has 32 heavy (non-hydrogen) atoms. The van der Waals surface area contributed by atoms with Crippen LogP contribution in [-0.4, -0.2) is 31.6 Å². The molecule has 0 amide bonds. The summed E-state index contributed by atoms with van der Waals surface area (Å²) in [5.74, 6) is 1.48. The highest BCUT2D eigenvalue weighted by Gasteiger charge is 2.32. The minimum atomic E-state index is -0.480. The van der Waals surface area contributed by atoms with Gasteiger partial charge in [0.25, 0.3) is 0 Å². The molecule has 0 radical (unpaired) electrons. The summed E-state index contributed by atoms with van der Waals surface area (Å²) in [4.78, 5) is 25.1. The Balaban J connectivity index is 1.87. The second-order valence-corrected chi connectivity index (χ2v) is 8.79. The van der Waals surface area contributed by atoms with Crippen molar-refractivity contribution >= 4 is 17.8 Å². The molecule has 6 nitrogen and oxygen atoms in total. The normalized spacial score (nSPS) is 13.7. The maximum absolute atomic E-state index is 13.0. The molecule has 2 aromatic carbocycles. The van der Waals surface area contributed by atoms with Gasteiger partial charge in [-0.3, -0.25) is 9.59 Å². The number of ketones is 1. The molecule has 0 saturated heterocycles. The van der Waals surface area contributed by atoms with E-state index in [9.17, 15) is 9.59 Å². The second-order valence-electron chi connectivity index (χ2n) is 8.79. The largest absolute Gasteiger partial charge is 0.496 e. The Kier molecular flexibility index (Phi) is 6.92. The van der Waals surface area contributed by atoms with Crippen LogP contribution >= 0.6 is 0 Å². The van der Waals surface area contributed by atoms with Crippen molar-refractivity contribution in [1.82, 2.24) is 0 Å². The Hall–Kier alpha value is -3.28. The molecule has 1 aliphatic rings. The fourth-order valence-corrected chi connectivity index (χ4v) is 3.18. The predicted octanol–water partition coefficient (Wildman–Crippen LogP) is 5.40. The van der Waals surface area contributed by atoms with Crippen molar-refractivity contribution in [3.63, 3.8) is 0 Å². The molecule has 0 aliphatic heterocycles. The van der Waals surface area contributed by atoms with Crippen LogP contribution in [0.3, 0.4) is 0 Å². The van der Waals surface area contributed by atoms with Gasteiger partial charge in [-0.1, -0.05) is 12.1 Å². The minimum Gasteiger partial charge on any atom is -0.496 e. The quantitative estimate of drug-likeness (QED) is 0.238. The molecule has 3 rings (SSSR count). The zero-order valence-electron chi connectivity index (χ0n) is 19.5. The summed E-state index contributed by atoms with van der Waals surface area (Å²) >= 11 is 0. The van der Waals surface area contributed by atoms with E-state index in [0.717, 1.165) is 18.4 Å². The lowest BCUT2D eigenvalue weighted by atomic mass is 10.0. The molecule has 0 N–H and O–H groups in total. The van der Waals surface area contributed by atoms with Gasteiger partial charge in [0.05, 0.1) is 25.7 Å². The van der Waals surface area contributed by atoms with Gasteiger partial charge in [0.2, 0.25) is 0 Å². The number of allylic oxidation sites excluding steroid dienone is 1. The Morgan fingerprint density at radius 3 is 2.22 bits per heavy atom. The van der Waals surface area contributed by atoms with E-state index in [1.807, 2.05) is 27.7 Å². The molecule has 0 bridgehead atoms. The minimum absolute atomic E-state index is 0.0277. The first-order valence-corrected chi connectivity index (χ1v) is 10.6. The molecule has 0 heterocycles. The molecule has 0 unspecified atom stereocenters. The summed E-state index contributed by atoms with van der Waals surface area (Å²) in [6.07, 6.45) is 4.87. The molecule has 1 fully saturated rings. The van der Waals surface area contributed by atoms with Gasteiger partial charge in [-0.2, -0.15) is 0 Å². The van der Waals surface area contributed by atoms with Crippen LogP contribution in [0.5, 0.6) is 23.0 Å². The van der Waals surface area contributed by atoms with Gasteiger partial charge in [-0.25, -0.2) is 0 Å². The SMILES string of the molecule is COc1ccc(C=CC(=O)c2ccc(OC)c(C)c2OC(C)(C)C)cc1OC(=O)C1CC1. The van der Waals surface area contributed by atoms with Gasteiger partial charge in [-0.05, 0) is 76.4 Å². The van der Waals surface area contributed by atoms with Gasteiger partial charge in [-0.15, -0.1) is 0 Å². The molecule has 0 aromatic heterocycles. The van der Waals surface area contributed by atoms with Crippen LogP contribution in [0.25, 0.3) is 6.08 Å². The third-order valence-electron chi connectivity index (χ3n) is 4.99. The maximum atomic E-state index is 13.0. The summed E-state index contributed by atoms with van der Waals surface area (Å²) in [6.45, 7) is 7.65. The standard InChI is InChI=1S/C26H30O6/c1-16-21(29-5)14-11-19(24(16)32-26(2,3)4)20(27)12-7-17-8-13-22(30-6)23(15-17)31-25(28)18-9-10-18/h7-8,11-15,18H,9-10H2,1-6H3. The van der Waals surface area contributed by atoms with E-state index in [2.05, 4.69) is 0 Å². The van der Waals surface area contributed by atoms with E-state index in [-0.39, 0.29) is 17.7 Å². The van der Waals surface area contributed by atoms with E-state index in [0.29, 0.717) is 34.1 Å². The second kappa shape index (κ2) is 9.47. The number of carbonyl (C=O) groups is 2. The van der Waals surface area contributed by atoms with Crippen LogP contribution in [0.4, 0.5) is 0 Å². The lowest BCUT2D eigenvalue weighted by molar-refractivity contribution is -0.135. The summed E-state index contributed by atoms with van der Waals surface area (Å²) in [7, 11) is 3.10. The lowest BCUT2D eigenvalue weighted by Crippen LogP contribution is -2.24. The molecule has 0 spiro atoms. The lowest BCUT2D eigenvalue weighted by Gasteiger charge is -2.25. The number of carbonyl (C=O) groups excluding carboxylic acids is 2. The van der Waals surface area contributed by atoms with Crippen LogP contribution in [0.15, 0.2) is 36.4 Å². The molecular weight excluding hydrogens is 408 g/mol. The fourth-order valence-electron chi connectivity index (χ4n) is 3.18. The van der Waals surface area contributed by atoms with Gasteiger partial charge in [0.1, 0.15) is 17.1 Å². The van der Waals surface area contributed by atoms with Crippen LogP contribution in [0.1, 0.15) is 55.1 Å². The number of hydrogen-bond donors (Lipinski definition) is 0. The average Bonchev–Trinajstić information content (AvgIpc) is 3.58. The smallest absolute Gasteiger partial charge is 0.314 e. The molecule has 6 heteroatoms. The van der Waals surface area contributed by atoms with Crippen LogP contribution < -0.4 is 18.9 Å². The van der Waals surface area contributed by atoms with Gasteiger partial charge < -0.3 is 18.9 Å². The number of ether oxygens (including phenoxy) is 4. The highest BCUT2D eigenvalue weighted by molar-refractivity contribution is 6.09. The van der Waals surface area contributed by atoms with Gasteiger partial charge in [0.15, 0.2) is 17.3 Å². The molecule has 0 atom stereocenters. The highest BCUT2D eigenvalue weighted by Crippen LogP contribution is 2.36. The average molecular weight is 439 g/mol. The van der Waals surface area contributed by atoms with E-state index in [1.54, 1.807) is 43.5 Å². The first kappa shape index (κ1) is 23.4. The summed E-state index contributed by atoms with van der Waals surface area (Å²) in [5, 5.41) is 0. The number of hydrogen-bond acceptors (Lipinski definition) is 6. The zero-order valence-corrected chi connectivity index (χ0v) is 19.5. The van der Waals surface area contributed by atoms with Crippen molar-refractivity contribution < 1.29 is 28.5 Å². The van der Waals surface area contributed by atoms with Crippen molar-refractivity contribution in [2.75, 3.05) is 14.2 Å². The molecule has 2 aromatic rings. The number of benzene rings is 2.